The normalized spacial score (nSPS) is 23.8. The molecule has 0 N–H and O–H groups in total. The second-order valence-electron chi connectivity index (χ2n) is 7.87. The summed E-state index contributed by atoms with van der Waals surface area (Å²) in [6.45, 7) is 2.09. The van der Waals surface area contributed by atoms with Gasteiger partial charge < -0.3 is 4.90 Å². The lowest BCUT2D eigenvalue weighted by atomic mass is 9.85. The van der Waals surface area contributed by atoms with E-state index in [1.807, 2.05) is 4.90 Å². The number of hydrogen-bond acceptors (Lipinski definition) is 5. The van der Waals surface area contributed by atoms with Gasteiger partial charge >= 0.3 is 11.1 Å². The Morgan fingerprint density at radius 2 is 1.85 bits per heavy atom. The van der Waals surface area contributed by atoms with Crippen LogP contribution >= 0.6 is 0 Å². The van der Waals surface area contributed by atoms with Crippen LogP contribution in [-0.4, -0.2) is 43.2 Å². The van der Waals surface area contributed by atoms with E-state index < -0.39 is 11.1 Å². The third-order valence-corrected chi connectivity index (χ3v) is 6.22. The highest BCUT2D eigenvalue weighted by Crippen LogP contribution is 2.37. The van der Waals surface area contributed by atoms with E-state index in [4.69, 9.17) is 0 Å². The molecule has 8 nitrogen and oxygen atoms in total. The molecule has 1 aliphatic carbocycles. The Morgan fingerprint density at radius 3 is 2.56 bits per heavy atom. The molecule has 5 rings (SSSR count). The third kappa shape index (κ3) is 2.62. The second kappa shape index (κ2) is 6.14. The van der Waals surface area contributed by atoms with Gasteiger partial charge in [-0.25, -0.2) is 4.68 Å². The molecule has 2 fully saturated rings. The Morgan fingerprint density at radius 1 is 1.07 bits per heavy atom. The summed E-state index contributed by atoms with van der Waals surface area (Å²) >= 11 is 0. The molecule has 140 valence electrons. The van der Waals surface area contributed by atoms with Gasteiger partial charge in [-0.2, -0.15) is 5.10 Å². The zero-order chi connectivity index (χ0) is 18.5. The van der Waals surface area contributed by atoms with Crippen LogP contribution in [0.25, 0.3) is 0 Å². The fourth-order valence-corrected chi connectivity index (χ4v) is 4.47. The van der Waals surface area contributed by atoms with Gasteiger partial charge in [0, 0.05) is 56.0 Å². The topological polar surface area (TPSA) is 90.1 Å². The van der Waals surface area contributed by atoms with Crippen molar-refractivity contribution in [2.24, 2.45) is 11.8 Å². The molecule has 0 aromatic carbocycles. The number of aromatic nitrogens is 4. The van der Waals surface area contributed by atoms with Crippen LogP contribution in [0.5, 0.6) is 0 Å². The van der Waals surface area contributed by atoms with Gasteiger partial charge in [-0.1, -0.05) is 6.42 Å². The molecule has 2 aliphatic heterocycles. The monoisotopic (exact) mass is 367 g/mol. The zero-order valence-corrected chi connectivity index (χ0v) is 15.0. The van der Waals surface area contributed by atoms with E-state index in [-0.39, 0.29) is 17.7 Å². The number of pyridine rings is 1. The highest BCUT2D eigenvalue weighted by molar-refractivity contribution is 5.94. The van der Waals surface area contributed by atoms with E-state index in [9.17, 15) is 14.4 Å². The number of carbonyl (C=O) groups excluding carboxylic acids is 1. The van der Waals surface area contributed by atoms with Crippen LogP contribution in [0.2, 0.25) is 0 Å². The summed E-state index contributed by atoms with van der Waals surface area (Å²) in [6.07, 6.45) is 6.58. The summed E-state index contributed by atoms with van der Waals surface area (Å²) in [6, 6.07) is 3.42. The van der Waals surface area contributed by atoms with Crippen molar-refractivity contribution in [3.05, 3.63) is 56.6 Å². The van der Waals surface area contributed by atoms with Crippen molar-refractivity contribution in [1.29, 1.82) is 0 Å². The van der Waals surface area contributed by atoms with Gasteiger partial charge in [-0.05, 0) is 30.9 Å². The Kier molecular flexibility index (Phi) is 3.73. The summed E-state index contributed by atoms with van der Waals surface area (Å²) in [4.78, 5) is 43.4. The van der Waals surface area contributed by atoms with Crippen LogP contribution in [0.1, 0.15) is 41.4 Å². The van der Waals surface area contributed by atoms with Crippen LogP contribution in [0.4, 0.5) is 0 Å². The lowest BCUT2D eigenvalue weighted by Gasteiger charge is -2.25. The molecule has 8 heteroatoms. The quantitative estimate of drug-likeness (QED) is 0.736. The first kappa shape index (κ1) is 16.4. The standard InChI is InChI=1S/C19H21N5O3/c25-17(13-4-6-20-7-5-13)22-9-14-10-23-16(15(14)11-22)21-24(19(27)18(23)26)8-12-2-1-3-12/h4-7,12,14-15H,1-3,8-11H2/t14-,15+/m1/s1. The van der Waals surface area contributed by atoms with Crippen LogP contribution in [0.15, 0.2) is 34.1 Å². The highest BCUT2D eigenvalue weighted by Gasteiger charge is 2.44. The number of hydrogen-bond donors (Lipinski definition) is 0. The number of likely N-dealkylation sites (tertiary alicyclic amines) is 1. The van der Waals surface area contributed by atoms with Gasteiger partial charge in [0.05, 0.1) is 0 Å². The summed E-state index contributed by atoms with van der Waals surface area (Å²) < 4.78 is 2.90. The minimum absolute atomic E-state index is 0.0109. The van der Waals surface area contributed by atoms with Crippen molar-refractivity contribution in [3.63, 3.8) is 0 Å². The van der Waals surface area contributed by atoms with E-state index >= 15 is 0 Å². The zero-order valence-electron chi connectivity index (χ0n) is 15.0. The molecule has 2 aromatic heterocycles. The number of amides is 1. The van der Waals surface area contributed by atoms with E-state index in [2.05, 4.69) is 10.1 Å². The summed E-state index contributed by atoms with van der Waals surface area (Å²) in [5.74, 6) is 1.23. The first-order valence-corrected chi connectivity index (χ1v) is 9.53. The molecule has 1 saturated heterocycles. The van der Waals surface area contributed by atoms with E-state index in [0.29, 0.717) is 43.5 Å². The summed E-state index contributed by atoms with van der Waals surface area (Å²) in [5.41, 5.74) is -0.374. The van der Waals surface area contributed by atoms with Gasteiger partial charge in [-0.15, -0.1) is 0 Å². The molecule has 2 aromatic rings. The minimum atomic E-state index is -0.518. The maximum absolute atomic E-state index is 12.7. The average molecular weight is 367 g/mol. The lowest BCUT2D eigenvalue weighted by Crippen LogP contribution is -2.45. The largest absolute Gasteiger partial charge is 0.338 e. The molecule has 1 amide bonds. The molecular weight excluding hydrogens is 346 g/mol. The van der Waals surface area contributed by atoms with Crippen LogP contribution in [-0.2, 0) is 13.1 Å². The molecule has 0 unspecified atom stereocenters. The number of carbonyl (C=O) groups is 1. The molecule has 0 bridgehead atoms. The van der Waals surface area contributed by atoms with Crippen molar-refractivity contribution in [2.45, 2.75) is 38.3 Å². The van der Waals surface area contributed by atoms with Crippen LogP contribution in [0.3, 0.4) is 0 Å². The third-order valence-electron chi connectivity index (χ3n) is 6.22. The Bertz CT molecular complexity index is 1010. The molecule has 1 saturated carbocycles. The maximum atomic E-state index is 12.7. The Labute approximate surface area is 155 Å². The van der Waals surface area contributed by atoms with E-state index in [0.717, 1.165) is 12.8 Å². The van der Waals surface area contributed by atoms with Crippen molar-refractivity contribution in [2.75, 3.05) is 13.1 Å². The fourth-order valence-electron chi connectivity index (χ4n) is 4.47. The van der Waals surface area contributed by atoms with Gasteiger partial charge in [-0.3, -0.25) is 23.9 Å². The first-order chi connectivity index (χ1) is 13.1. The highest BCUT2D eigenvalue weighted by atomic mass is 16.2. The number of nitrogens with zero attached hydrogens (tertiary/aromatic N) is 5. The molecule has 27 heavy (non-hydrogen) atoms. The van der Waals surface area contributed by atoms with Crippen molar-refractivity contribution in [1.82, 2.24) is 24.2 Å². The van der Waals surface area contributed by atoms with Crippen molar-refractivity contribution in [3.8, 4) is 0 Å². The van der Waals surface area contributed by atoms with Crippen LogP contribution in [0, 0.1) is 11.8 Å². The predicted molar refractivity (Wildman–Crippen MR) is 96.5 cm³/mol. The number of rotatable bonds is 3. The van der Waals surface area contributed by atoms with Crippen molar-refractivity contribution >= 4 is 5.91 Å². The van der Waals surface area contributed by atoms with Gasteiger partial charge in [0.15, 0.2) is 0 Å². The molecular formula is C19H21N5O3. The fraction of sp³-hybridized carbons (Fsp3) is 0.526. The van der Waals surface area contributed by atoms with E-state index in [1.165, 1.54) is 15.7 Å². The minimum Gasteiger partial charge on any atom is -0.338 e. The molecule has 2 atom stereocenters. The smallest absolute Gasteiger partial charge is 0.332 e. The maximum Gasteiger partial charge on any atom is 0.332 e. The van der Waals surface area contributed by atoms with Gasteiger partial charge in [0.25, 0.3) is 5.91 Å². The first-order valence-electron chi connectivity index (χ1n) is 9.53. The molecule has 0 radical (unpaired) electrons. The molecule has 0 spiro atoms. The van der Waals surface area contributed by atoms with E-state index in [1.54, 1.807) is 24.5 Å². The summed E-state index contributed by atoms with van der Waals surface area (Å²) in [5, 5.41) is 4.56. The number of fused-ring (bicyclic) bond motifs is 3. The van der Waals surface area contributed by atoms with Gasteiger partial charge in [0.2, 0.25) is 0 Å². The Balaban J connectivity index is 1.43. The second-order valence-corrected chi connectivity index (χ2v) is 7.87. The Hall–Kier alpha value is -2.77. The van der Waals surface area contributed by atoms with Crippen molar-refractivity contribution < 1.29 is 4.79 Å². The SMILES string of the molecule is O=C(c1ccncc1)N1C[C@@H]2Cn3c(nn(CC4CCC4)c(=O)c3=O)[C@H]2C1. The van der Waals surface area contributed by atoms with Gasteiger partial charge in [0.1, 0.15) is 5.82 Å². The lowest BCUT2D eigenvalue weighted by molar-refractivity contribution is 0.0782. The molecule has 4 heterocycles. The molecule has 3 aliphatic rings. The predicted octanol–water partition coefficient (Wildman–Crippen LogP) is 0.469. The average Bonchev–Trinajstić information content (AvgIpc) is 3.21. The summed E-state index contributed by atoms with van der Waals surface area (Å²) in [7, 11) is 0. The van der Waals surface area contributed by atoms with Crippen LogP contribution < -0.4 is 11.1 Å².